The van der Waals surface area contributed by atoms with Gasteiger partial charge in [-0.1, -0.05) is 34.7 Å². The Labute approximate surface area is 161 Å². The summed E-state index contributed by atoms with van der Waals surface area (Å²) in [6, 6.07) is 6.52. The summed E-state index contributed by atoms with van der Waals surface area (Å²) in [6.07, 6.45) is 2.19. The first-order valence-electron chi connectivity index (χ1n) is 8.75. The van der Waals surface area contributed by atoms with Crippen LogP contribution in [0.15, 0.2) is 18.2 Å². The zero-order chi connectivity index (χ0) is 20.8. The van der Waals surface area contributed by atoms with Gasteiger partial charge in [0.25, 0.3) is 5.69 Å². The second kappa shape index (κ2) is 14.0. The Balaban J connectivity index is 0.00000153. The molecule has 9 heteroatoms. The number of nitrogens with zero attached hydrogens (tertiary/aromatic N) is 2. The molecule has 1 rings (SSSR count). The van der Waals surface area contributed by atoms with Gasteiger partial charge in [-0.15, -0.1) is 0 Å². The molecule has 150 valence electrons. The predicted octanol–water partition coefficient (Wildman–Crippen LogP) is 3.70. The number of amides is 1. The molecular weight excluding hydrogens is 369 g/mol. The molecule has 0 spiro atoms. The molecule has 0 aliphatic heterocycles. The van der Waals surface area contributed by atoms with Crippen LogP contribution in [0.1, 0.15) is 63.7 Å². The fraction of sp³-hybridized carbons (Fsp3) is 0.556. The van der Waals surface area contributed by atoms with Gasteiger partial charge in [0.1, 0.15) is 0 Å². The van der Waals surface area contributed by atoms with Crippen molar-refractivity contribution in [3.8, 4) is 6.07 Å². The SMILES string of the molecule is CCC#N.CCCCC(=O)NCc1ccc([N+](=O)[O-])c(C(C)OP(C)[O-])c1. The van der Waals surface area contributed by atoms with Gasteiger partial charge >= 0.3 is 0 Å². The van der Waals surface area contributed by atoms with Crippen LogP contribution in [0.5, 0.6) is 0 Å². The van der Waals surface area contributed by atoms with E-state index in [1.807, 2.05) is 19.9 Å². The highest BCUT2D eigenvalue weighted by molar-refractivity contribution is 7.43. The molecule has 0 heterocycles. The Bertz CT molecular complexity index is 646. The average molecular weight is 396 g/mol. The van der Waals surface area contributed by atoms with Crippen molar-refractivity contribution in [2.45, 2.75) is 59.1 Å². The van der Waals surface area contributed by atoms with Gasteiger partial charge in [-0.3, -0.25) is 14.9 Å². The van der Waals surface area contributed by atoms with Gasteiger partial charge in [-0.2, -0.15) is 5.26 Å². The van der Waals surface area contributed by atoms with Gasteiger partial charge in [0.2, 0.25) is 5.91 Å². The minimum Gasteiger partial charge on any atom is -0.808 e. The van der Waals surface area contributed by atoms with Crippen LogP contribution in [0.25, 0.3) is 0 Å². The second-order valence-electron chi connectivity index (χ2n) is 5.73. The number of unbranched alkanes of at least 4 members (excludes halogenated alkanes) is 1. The van der Waals surface area contributed by atoms with Crippen LogP contribution in [-0.2, 0) is 15.9 Å². The number of rotatable bonds is 9. The highest BCUT2D eigenvalue weighted by atomic mass is 31.2. The molecule has 1 N–H and O–H groups in total. The van der Waals surface area contributed by atoms with Crippen LogP contribution in [-0.4, -0.2) is 17.5 Å². The smallest absolute Gasteiger partial charge is 0.275 e. The number of hydrogen-bond donors (Lipinski definition) is 1. The average Bonchev–Trinajstić information content (AvgIpc) is 2.63. The van der Waals surface area contributed by atoms with E-state index in [-0.39, 0.29) is 11.6 Å². The van der Waals surface area contributed by atoms with Gasteiger partial charge in [-0.25, -0.2) is 0 Å². The lowest BCUT2D eigenvalue weighted by Crippen LogP contribution is -2.22. The van der Waals surface area contributed by atoms with Crippen molar-refractivity contribution in [2.75, 3.05) is 6.66 Å². The van der Waals surface area contributed by atoms with Gasteiger partial charge in [0.15, 0.2) is 0 Å². The second-order valence-corrected chi connectivity index (χ2v) is 6.82. The van der Waals surface area contributed by atoms with E-state index < -0.39 is 19.4 Å². The Kier molecular flexibility index (Phi) is 13.0. The van der Waals surface area contributed by atoms with E-state index >= 15 is 0 Å². The predicted molar refractivity (Wildman–Crippen MR) is 103 cm³/mol. The van der Waals surface area contributed by atoms with Crippen LogP contribution in [0, 0.1) is 21.4 Å². The van der Waals surface area contributed by atoms with Crippen LogP contribution in [0.2, 0.25) is 0 Å². The first-order chi connectivity index (χ1) is 12.8. The summed E-state index contributed by atoms with van der Waals surface area (Å²) in [7, 11) is -1.87. The number of nitro benzene ring substituents is 1. The lowest BCUT2D eigenvalue weighted by Gasteiger charge is -2.23. The van der Waals surface area contributed by atoms with Crippen LogP contribution < -0.4 is 10.2 Å². The van der Waals surface area contributed by atoms with E-state index in [0.717, 1.165) is 18.4 Å². The summed E-state index contributed by atoms with van der Waals surface area (Å²) in [4.78, 5) is 33.5. The summed E-state index contributed by atoms with van der Waals surface area (Å²) < 4.78 is 5.18. The minimum absolute atomic E-state index is 0.0484. The van der Waals surface area contributed by atoms with E-state index in [1.54, 1.807) is 19.1 Å². The summed E-state index contributed by atoms with van der Waals surface area (Å²) in [5.41, 5.74) is 0.994. The fourth-order valence-electron chi connectivity index (χ4n) is 2.11. The zero-order valence-electron chi connectivity index (χ0n) is 16.2. The summed E-state index contributed by atoms with van der Waals surface area (Å²) >= 11 is 0. The van der Waals surface area contributed by atoms with Crippen LogP contribution in [0.3, 0.4) is 0 Å². The van der Waals surface area contributed by atoms with Crippen LogP contribution >= 0.6 is 8.38 Å². The van der Waals surface area contributed by atoms with E-state index in [0.29, 0.717) is 24.9 Å². The summed E-state index contributed by atoms with van der Waals surface area (Å²) in [5, 5.41) is 21.5. The molecule has 0 fully saturated rings. The molecule has 0 bridgehead atoms. The molecule has 8 nitrogen and oxygen atoms in total. The van der Waals surface area contributed by atoms with Crippen molar-refractivity contribution >= 4 is 20.0 Å². The lowest BCUT2D eigenvalue weighted by atomic mass is 10.0. The van der Waals surface area contributed by atoms with Crippen molar-refractivity contribution in [1.29, 1.82) is 5.26 Å². The molecule has 0 saturated carbocycles. The number of carbonyl (C=O) groups excluding carboxylic acids is 1. The van der Waals surface area contributed by atoms with Crippen molar-refractivity contribution < 1.29 is 19.1 Å². The standard InChI is InChI=1S/C15H22N2O5P.C3H5N/c1-4-5-6-15(18)16-10-12-7-8-14(17(19)20)13(9-12)11(2)22-23(3)21;1-2-3-4/h7-9,11H,4-6,10H2,1-3H3,(H,16,18);2H2,1H3/q-1;. The molecule has 27 heavy (non-hydrogen) atoms. The molecule has 0 saturated heterocycles. The Morgan fingerprint density at radius 1 is 1.44 bits per heavy atom. The Morgan fingerprint density at radius 2 is 2.07 bits per heavy atom. The normalized spacial score (nSPS) is 12.1. The van der Waals surface area contributed by atoms with E-state index in [9.17, 15) is 19.8 Å². The molecule has 0 radical (unpaired) electrons. The highest BCUT2D eigenvalue weighted by Gasteiger charge is 2.20. The van der Waals surface area contributed by atoms with E-state index in [2.05, 4.69) is 5.32 Å². The first-order valence-corrected chi connectivity index (χ1v) is 10.4. The number of nitrogens with one attached hydrogen (secondary N) is 1. The summed E-state index contributed by atoms with van der Waals surface area (Å²) in [5.74, 6) is -0.0484. The largest absolute Gasteiger partial charge is 0.808 e. The summed E-state index contributed by atoms with van der Waals surface area (Å²) in [6.45, 7) is 7.13. The maximum Gasteiger partial charge on any atom is 0.275 e. The number of benzene rings is 1. The topological polar surface area (TPSA) is 128 Å². The highest BCUT2D eigenvalue weighted by Crippen LogP contribution is 2.35. The third-order valence-electron chi connectivity index (χ3n) is 3.44. The molecule has 2 atom stereocenters. The molecule has 1 amide bonds. The molecular formula is C18H27N3O5P-. The van der Waals surface area contributed by atoms with Crippen molar-refractivity contribution in [3.05, 3.63) is 39.4 Å². The third kappa shape index (κ3) is 10.6. The van der Waals surface area contributed by atoms with Gasteiger partial charge in [0.05, 0.1) is 22.7 Å². The number of nitro groups is 1. The zero-order valence-corrected chi connectivity index (χ0v) is 17.1. The monoisotopic (exact) mass is 396 g/mol. The molecule has 1 aromatic rings. The molecule has 1 aromatic carbocycles. The Hall–Kier alpha value is -2.07. The van der Waals surface area contributed by atoms with Crippen molar-refractivity contribution in [1.82, 2.24) is 5.32 Å². The van der Waals surface area contributed by atoms with Gasteiger partial charge in [0, 0.05) is 25.5 Å². The molecule has 2 unspecified atom stereocenters. The van der Waals surface area contributed by atoms with Crippen LogP contribution in [0.4, 0.5) is 5.69 Å². The number of hydrogen-bond acceptors (Lipinski definition) is 6. The fourth-order valence-corrected chi connectivity index (χ4v) is 2.67. The minimum atomic E-state index is -1.87. The first kappa shape index (κ1) is 24.9. The van der Waals surface area contributed by atoms with E-state index in [1.165, 1.54) is 12.7 Å². The molecule has 0 aliphatic rings. The van der Waals surface area contributed by atoms with Crippen molar-refractivity contribution in [3.63, 3.8) is 0 Å². The van der Waals surface area contributed by atoms with Crippen molar-refractivity contribution in [2.24, 2.45) is 0 Å². The maximum absolute atomic E-state index is 11.6. The lowest BCUT2D eigenvalue weighted by molar-refractivity contribution is -0.386. The number of nitriles is 1. The van der Waals surface area contributed by atoms with E-state index in [4.69, 9.17) is 9.79 Å². The van der Waals surface area contributed by atoms with Gasteiger partial charge < -0.3 is 14.7 Å². The molecule has 0 aliphatic carbocycles. The van der Waals surface area contributed by atoms with Gasteiger partial charge in [-0.05, 0) is 31.6 Å². The molecule has 0 aromatic heterocycles. The number of carbonyl (C=O) groups is 1. The maximum atomic E-state index is 11.6. The quantitative estimate of drug-likeness (QED) is 0.385. The Morgan fingerprint density at radius 3 is 2.56 bits per heavy atom. The third-order valence-corrected chi connectivity index (χ3v) is 4.05.